The number of amides is 1. The van der Waals surface area contributed by atoms with Gasteiger partial charge in [0.05, 0.1) is 42.5 Å². The van der Waals surface area contributed by atoms with Crippen molar-refractivity contribution < 1.29 is 22.7 Å². The third kappa shape index (κ3) is 5.46. The summed E-state index contributed by atoms with van der Waals surface area (Å²) in [5.74, 6) is 0.250. The normalized spacial score (nSPS) is 20.1. The van der Waals surface area contributed by atoms with Crippen molar-refractivity contribution in [2.45, 2.75) is 43.7 Å². The minimum absolute atomic E-state index is 0.127. The molecule has 34 heavy (non-hydrogen) atoms. The summed E-state index contributed by atoms with van der Waals surface area (Å²) in [7, 11) is -1.68. The topological polar surface area (TPSA) is 93.1 Å². The molecule has 2 aromatic rings. The molecule has 2 fully saturated rings. The maximum Gasteiger partial charge on any atom is 0.243 e. The van der Waals surface area contributed by atoms with Gasteiger partial charge in [0.25, 0.3) is 0 Å². The molecule has 9 nitrogen and oxygen atoms in total. The summed E-state index contributed by atoms with van der Waals surface area (Å²) in [6.45, 7) is 6.19. The van der Waals surface area contributed by atoms with Crippen LogP contribution < -0.4 is 10.1 Å². The van der Waals surface area contributed by atoms with Crippen molar-refractivity contribution in [1.29, 1.82) is 0 Å². The molecule has 10 heteroatoms. The average Bonchev–Trinajstić information content (AvgIpc) is 3.43. The Morgan fingerprint density at radius 2 is 1.97 bits per heavy atom. The van der Waals surface area contributed by atoms with Crippen LogP contribution in [0, 0.1) is 0 Å². The summed E-state index contributed by atoms with van der Waals surface area (Å²) >= 11 is 0. The lowest BCUT2D eigenvalue weighted by molar-refractivity contribution is -0.117. The number of ether oxygens (including phenoxy) is 2. The summed E-state index contributed by atoms with van der Waals surface area (Å²) in [5.41, 5.74) is 1.55. The first-order valence-electron chi connectivity index (χ1n) is 11.8. The van der Waals surface area contributed by atoms with Gasteiger partial charge in [-0.2, -0.15) is 4.31 Å². The zero-order chi connectivity index (χ0) is 24.3. The van der Waals surface area contributed by atoms with Crippen LogP contribution in [0.4, 0.5) is 5.69 Å². The zero-order valence-corrected chi connectivity index (χ0v) is 20.9. The second kappa shape index (κ2) is 10.5. The molecule has 2 aliphatic heterocycles. The molecule has 0 bridgehead atoms. The second-order valence-electron chi connectivity index (χ2n) is 9.06. The first-order chi connectivity index (χ1) is 16.3. The number of benzene rings is 1. The lowest BCUT2D eigenvalue weighted by atomic mass is 10.1. The molecule has 186 valence electrons. The van der Waals surface area contributed by atoms with Gasteiger partial charge in [-0.25, -0.2) is 8.42 Å². The molecule has 1 aromatic heterocycles. The molecule has 1 atom stereocenters. The lowest BCUT2D eigenvalue weighted by Gasteiger charge is -2.27. The van der Waals surface area contributed by atoms with E-state index in [9.17, 15) is 13.2 Å². The fraction of sp³-hybridized carbons (Fsp3) is 0.542. The maximum absolute atomic E-state index is 13.1. The molecular weight excluding hydrogens is 456 g/mol. The molecule has 1 unspecified atom stereocenters. The number of carbonyl (C=O) groups is 1. The fourth-order valence-corrected chi connectivity index (χ4v) is 6.04. The minimum atomic E-state index is -3.70. The number of anilines is 1. The molecule has 1 N–H and O–H groups in total. The zero-order valence-electron chi connectivity index (χ0n) is 20.1. The van der Waals surface area contributed by atoms with E-state index in [-0.39, 0.29) is 29.5 Å². The lowest BCUT2D eigenvalue weighted by Crippen LogP contribution is -2.40. The summed E-state index contributed by atoms with van der Waals surface area (Å²) in [5, 5.41) is 2.92. The Kier molecular flexibility index (Phi) is 7.61. The van der Waals surface area contributed by atoms with Gasteiger partial charge in [-0.3, -0.25) is 9.69 Å². The predicted octanol–water partition coefficient (Wildman–Crippen LogP) is 2.61. The number of morpholine rings is 1. The Labute approximate surface area is 201 Å². The van der Waals surface area contributed by atoms with Gasteiger partial charge in [-0.15, -0.1) is 0 Å². The maximum atomic E-state index is 13.1. The van der Waals surface area contributed by atoms with Crippen LogP contribution >= 0.6 is 0 Å². The van der Waals surface area contributed by atoms with E-state index in [1.54, 1.807) is 6.07 Å². The molecule has 0 aliphatic carbocycles. The van der Waals surface area contributed by atoms with E-state index in [4.69, 9.17) is 9.47 Å². The number of hydrogen-bond acceptors (Lipinski definition) is 6. The quantitative estimate of drug-likeness (QED) is 0.612. The van der Waals surface area contributed by atoms with Crippen molar-refractivity contribution in [2.24, 2.45) is 7.05 Å². The molecule has 3 heterocycles. The van der Waals surface area contributed by atoms with Crippen LogP contribution in [0.1, 0.15) is 38.4 Å². The van der Waals surface area contributed by atoms with Crippen molar-refractivity contribution in [3.63, 3.8) is 0 Å². The highest BCUT2D eigenvalue weighted by molar-refractivity contribution is 7.89. The SMILES string of the molecule is CC(C)Oc1ccc(S(=O)(=O)N2CCOCC2)cc1NC(=O)CN1CCCC1c1cccn1C. The van der Waals surface area contributed by atoms with Crippen LogP contribution in [-0.4, -0.2) is 73.6 Å². The third-order valence-electron chi connectivity index (χ3n) is 6.23. The van der Waals surface area contributed by atoms with Gasteiger partial charge >= 0.3 is 0 Å². The summed E-state index contributed by atoms with van der Waals surface area (Å²) in [4.78, 5) is 15.4. The van der Waals surface area contributed by atoms with Crippen molar-refractivity contribution in [3.8, 4) is 5.75 Å². The molecule has 1 amide bonds. The van der Waals surface area contributed by atoms with Crippen LogP contribution in [0.3, 0.4) is 0 Å². The number of aromatic nitrogens is 1. The summed E-state index contributed by atoms with van der Waals surface area (Å²) < 4.78 is 41.0. The highest BCUT2D eigenvalue weighted by Gasteiger charge is 2.30. The molecular formula is C24H34N4O5S. The molecule has 1 aromatic carbocycles. The van der Waals surface area contributed by atoms with Crippen molar-refractivity contribution in [1.82, 2.24) is 13.8 Å². The second-order valence-corrected chi connectivity index (χ2v) is 11.0. The van der Waals surface area contributed by atoms with Gasteiger partial charge in [-0.05, 0) is 63.6 Å². The van der Waals surface area contributed by atoms with E-state index in [2.05, 4.69) is 20.9 Å². The summed E-state index contributed by atoms with van der Waals surface area (Å²) in [6.07, 6.45) is 3.91. The first kappa shape index (κ1) is 24.7. The summed E-state index contributed by atoms with van der Waals surface area (Å²) in [6, 6.07) is 8.94. The highest BCUT2D eigenvalue weighted by atomic mass is 32.2. The van der Waals surface area contributed by atoms with Crippen molar-refractivity contribution in [2.75, 3.05) is 44.7 Å². The number of aryl methyl sites for hydroxylation is 1. The molecule has 0 saturated carbocycles. The molecule has 4 rings (SSSR count). The number of nitrogens with one attached hydrogen (secondary N) is 1. The Bertz CT molecular complexity index is 1110. The van der Waals surface area contributed by atoms with Crippen LogP contribution in [0.5, 0.6) is 5.75 Å². The van der Waals surface area contributed by atoms with Gasteiger partial charge in [0, 0.05) is 32.0 Å². The van der Waals surface area contributed by atoms with Gasteiger partial charge in [-0.1, -0.05) is 0 Å². The number of rotatable bonds is 8. The number of carbonyl (C=O) groups excluding carboxylic acids is 1. The minimum Gasteiger partial charge on any atom is -0.489 e. The van der Waals surface area contributed by atoms with Gasteiger partial charge < -0.3 is 19.4 Å². The van der Waals surface area contributed by atoms with Gasteiger partial charge in [0.1, 0.15) is 5.75 Å². The van der Waals surface area contributed by atoms with Crippen molar-refractivity contribution in [3.05, 3.63) is 42.2 Å². The van der Waals surface area contributed by atoms with E-state index < -0.39 is 10.0 Å². The van der Waals surface area contributed by atoms with Crippen molar-refractivity contribution >= 4 is 21.6 Å². The Hall–Kier alpha value is -2.40. The van der Waals surface area contributed by atoms with E-state index >= 15 is 0 Å². The third-order valence-corrected chi connectivity index (χ3v) is 8.13. The number of likely N-dealkylation sites (tertiary alicyclic amines) is 1. The van der Waals surface area contributed by atoms with Crippen LogP contribution in [-0.2, 0) is 26.6 Å². The van der Waals surface area contributed by atoms with Gasteiger partial charge in [0.2, 0.25) is 15.9 Å². The smallest absolute Gasteiger partial charge is 0.243 e. The van der Waals surface area contributed by atoms with Crippen LogP contribution in [0.25, 0.3) is 0 Å². The number of hydrogen-bond donors (Lipinski definition) is 1. The van der Waals surface area contributed by atoms with E-state index in [1.165, 1.54) is 22.1 Å². The average molecular weight is 491 g/mol. The van der Waals surface area contributed by atoms with E-state index in [1.807, 2.05) is 33.2 Å². The monoisotopic (exact) mass is 490 g/mol. The van der Waals surface area contributed by atoms with E-state index in [0.29, 0.717) is 37.7 Å². The molecule has 0 spiro atoms. The first-order valence-corrected chi connectivity index (χ1v) is 13.2. The number of nitrogens with zero attached hydrogens (tertiary/aromatic N) is 3. The van der Waals surface area contributed by atoms with Gasteiger partial charge in [0.15, 0.2) is 0 Å². The predicted molar refractivity (Wildman–Crippen MR) is 129 cm³/mol. The Morgan fingerprint density at radius 3 is 2.65 bits per heavy atom. The van der Waals surface area contributed by atoms with Crippen LogP contribution in [0.2, 0.25) is 0 Å². The fourth-order valence-electron chi connectivity index (χ4n) is 4.60. The largest absolute Gasteiger partial charge is 0.489 e. The molecule has 2 saturated heterocycles. The Morgan fingerprint density at radius 1 is 1.21 bits per heavy atom. The van der Waals surface area contributed by atoms with E-state index in [0.717, 1.165) is 19.4 Å². The van der Waals surface area contributed by atoms with Crippen LogP contribution in [0.15, 0.2) is 41.4 Å². The number of sulfonamides is 1. The highest BCUT2D eigenvalue weighted by Crippen LogP contribution is 2.33. The Balaban J connectivity index is 1.53. The molecule has 0 radical (unpaired) electrons. The standard InChI is InChI=1S/C24H34N4O5S/c1-18(2)33-23-9-8-19(34(30,31)28-12-14-32-15-13-28)16-20(23)25-24(29)17-27-11-5-7-22(27)21-6-4-10-26(21)3/h4,6,8-10,16,18,22H,5,7,11-15,17H2,1-3H3,(H,25,29). The molecule has 2 aliphatic rings.